The highest BCUT2D eigenvalue weighted by Gasteiger charge is 2.49. The summed E-state index contributed by atoms with van der Waals surface area (Å²) in [6, 6.07) is 13.8. The Bertz CT molecular complexity index is 2390. The maximum Gasteiger partial charge on any atom is 0.276 e. The fourth-order valence-corrected chi connectivity index (χ4v) is 9.09. The molecule has 5 heterocycles. The zero-order valence-electron chi connectivity index (χ0n) is 29.7. The minimum atomic E-state index is -3.05. The van der Waals surface area contributed by atoms with Gasteiger partial charge in [-0.15, -0.1) is 21.5 Å². The Hall–Kier alpha value is -4.94. The average Bonchev–Trinajstić information content (AvgIpc) is 3.96. The number of nitrogens with one attached hydrogen (secondary N) is 1. The molecule has 3 aliphatic rings. The van der Waals surface area contributed by atoms with E-state index >= 15 is 8.78 Å². The van der Waals surface area contributed by atoms with Gasteiger partial charge in [0.05, 0.1) is 40.9 Å². The molecule has 0 fully saturated rings. The molecular weight excluding hydrogens is 718 g/mol. The molecule has 1 atom stereocenters. The van der Waals surface area contributed by atoms with Crippen molar-refractivity contribution in [3.8, 4) is 27.6 Å². The van der Waals surface area contributed by atoms with Crippen LogP contribution in [-0.2, 0) is 25.8 Å². The van der Waals surface area contributed by atoms with Crippen LogP contribution in [0.25, 0.3) is 32.0 Å². The van der Waals surface area contributed by atoms with Crippen molar-refractivity contribution in [2.24, 2.45) is 0 Å². The molecule has 0 saturated heterocycles. The topological polar surface area (TPSA) is 106 Å². The minimum absolute atomic E-state index is 0.109. The van der Waals surface area contributed by atoms with Gasteiger partial charge in [0.25, 0.3) is 11.8 Å². The fraction of sp³-hybridized carbons (Fsp3) is 0.325. The van der Waals surface area contributed by atoms with Crippen molar-refractivity contribution in [3.05, 3.63) is 105 Å². The van der Waals surface area contributed by atoms with E-state index in [0.29, 0.717) is 74.5 Å². The van der Waals surface area contributed by atoms with Gasteiger partial charge in [-0.2, -0.15) is 0 Å². The van der Waals surface area contributed by atoms with E-state index in [1.54, 1.807) is 36.2 Å². The molecule has 9 rings (SSSR count). The van der Waals surface area contributed by atoms with Crippen LogP contribution < -0.4 is 10.1 Å². The first-order valence-corrected chi connectivity index (χ1v) is 18.8. The normalized spacial score (nSPS) is 16.7. The lowest BCUT2D eigenvalue weighted by Gasteiger charge is -2.22. The molecule has 53 heavy (non-hydrogen) atoms. The number of carbonyl (C=O) groups is 1. The minimum Gasteiger partial charge on any atom is -0.496 e. The van der Waals surface area contributed by atoms with Gasteiger partial charge in [-0.05, 0) is 85.0 Å². The third kappa shape index (κ3) is 6.31. The standard InChI is InChI=1S/C31H28F2N6O3S.C9H9Cl/c1-5-11-39-14-20-24(30(39)40)25(23(15(2)35-20)29-38-37-16(3)42-29)22-12-17-9-10-34-28(26(17)43-22)36-27-18-7-6-8-21(41-4)19(18)13-31(27,32)33;10-9-5-4-7-2-1-3-8(7)6-9/h6-10,12,27H,5,11,13-14H2,1-4H3,(H,34,36);4-6H,1-3H2. The van der Waals surface area contributed by atoms with E-state index in [9.17, 15) is 4.79 Å². The lowest BCUT2D eigenvalue weighted by molar-refractivity contribution is -0.00734. The van der Waals surface area contributed by atoms with E-state index in [0.717, 1.165) is 21.7 Å². The number of aromatic nitrogens is 4. The van der Waals surface area contributed by atoms with Crippen molar-refractivity contribution >= 4 is 44.7 Å². The number of nitrogens with zero attached hydrogens (tertiary/aromatic N) is 5. The van der Waals surface area contributed by atoms with E-state index < -0.39 is 18.4 Å². The second-order valence-electron chi connectivity index (χ2n) is 13.6. The number of carbonyl (C=O) groups excluding carboxylic acids is 1. The number of thiophene rings is 1. The molecule has 1 aliphatic heterocycles. The van der Waals surface area contributed by atoms with Gasteiger partial charge in [-0.25, -0.2) is 13.8 Å². The van der Waals surface area contributed by atoms with Gasteiger partial charge < -0.3 is 19.4 Å². The number of benzene rings is 2. The Balaban J connectivity index is 0.000000344. The summed E-state index contributed by atoms with van der Waals surface area (Å²) in [6.45, 7) is 6.61. The van der Waals surface area contributed by atoms with E-state index in [1.165, 1.54) is 48.8 Å². The number of hydrogen-bond donors (Lipinski definition) is 1. The molecule has 272 valence electrons. The second-order valence-corrected chi connectivity index (χ2v) is 15.1. The number of pyridine rings is 2. The summed E-state index contributed by atoms with van der Waals surface area (Å²) in [5.41, 5.74) is 7.01. The zero-order chi connectivity index (χ0) is 37.0. The van der Waals surface area contributed by atoms with Crippen molar-refractivity contribution in [1.29, 1.82) is 0 Å². The van der Waals surface area contributed by atoms with Crippen LogP contribution in [0, 0.1) is 13.8 Å². The lowest BCUT2D eigenvalue weighted by atomic mass is 9.97. The molecule has 0 saturated carbocycles. The summed E-state index contributed by atoms with van der Waals surface area (Å²) in [4.78, 5) is 25.6. The first kappa shape index (κ1) is 35.1. The van der Waals surface area contributed by atoms with Gasteiger partial charge in [0.1, 0.15) is 17.6 Å². The van der Waals surface area contributed by atoms with Gasteiger partial charge >= 0.3 is 0 Å². The van der Waals surface area contributed by atoms with Crippen LogP contribution >= 0.6 is 22.9 Å². The average molecular weight is 755 g/mol. The molecule has 1 unspecified atom stereocenters. The summed E-state index contributed by atoms with van der Waals surface area (Å²) in [5.74, 6) is -1.72. The quantitative estimate of drug-likeness (QED) is 0.172. The van der Waals surface area contributed by atoms with Gasteiger partial charge in [0.15, 0.2) is 0 Å². The molecule has 1 N–H and O–H groups in total. The highest BCUT2D eigenvalue weighted by Crippen LogP contribution is 2.50. The molecule has 0 radical (unpaired) electrons. The predicted octanol–water partition coefficient (Wildman–Crippen LogP) is 9.57. The zero-order valence-corrected chi connectivity index (χ0v) is 31.3. The van der Waals surface area contributed by atoms with Crippen LogP contribution in [0.1, 0.15) is 75.7 Å². The first-order valence-electron chi connectivity index (χ1n) is 17.7. The Labute approximate surface area is 314 Å². The van der Waals surface area contributed by atoms with Crippen molar-refractivity contribution in [2.75, 3.05) is 19.0 Å². The number of rotatable bonds is 7. The molecule has 2 aromatic carbocycles. The van der Waals surface area contributed by atoms with Crippen LogP contribution in [0.5, 0.6) is 5.75 Å². The van der Waals surface area contributed by atoms with Crippen molar-refractivity contribution in [1.82, 2.24) is 25.1 Å². The van der Waals surface area contributed by atoms with Crippen LogP contribution in [0.2, 0.25) is 5.02 Å². The largest absolute Gasteiger partial charge is 0.496 e. The number of halogens is 3. The van der Waals surface area contributed by atoms with E-state index in [1.807, 2.05) is 32.0 Å². The van der Waals surface area contributed by atoms with Crippen LogP contribution in [0.15, 0.2) is 59.1 Å². The van der Waals surface area contributed by atoms with Crippen LogP contribution in [0.4, 0.5) is 14.6 Å². The number of fused-ring (bicyclic) bond motifs is 4. The molecule has 6 aromatic rings. The molecule has 2 aliphatic carbocycles. The Morgan fingerprint density at radius 3 is 2.68 bits per heavy atom. The number of anilines is 1. The van der Waals surface area contributed by atoms with Crippen molar-refractivity contribution < 1.29 is 22.7 Å². The highest BCUT2D eigenvalue weighted by atomic mass is 35.5. The first-order chi connectivity index (χ1) is 25.6. The number of amides is 1. The van der Waals surface area contributed by atoms with Crippen LogP contribution in [-0.4, -0.2) is 50.5 Å². The highest BCUT2D eigenvalue weighted by molar-refractivity contribution is 7.23. The molecular formula is C40H37ClF2N6O3S. The Morgan fingerprint density at radius 2 is 1.91 bits per heavy atom. The Kier molecular flexibility index (Phi) is 9.14. The number of aryl methyl sites for hydroxylation is 4. The third-order valence-corrected chi connectivity index (χ3v) is 11.5. The number of alkyl halides is 2. The maximum absolute atomic E-state index is 15.4. The van der Waals surface area contributed by atoms with E-state index in [-0.39, 0.29) is 11.8 Å². The summed E-state index contributed by atoms with van der Waals surface area (Å²) < 4.78 is 42.8. The second kappa shape index (κ2) is 13.8. The third-order valence-electron chi connectivity index (χ3n) is 10.1. The molecule has 4 aromatic heterocycles. The van der Waals surface area contributed by atoms with Gasteiger partial charge in [0, 0.05) is 47.1 Å². The number of hydrogen-bond acceptors (Lipinski definition) is 9. The lowest BCUT2D eigenvalue weighted by Crippen LogP contribution is -2.28. The summed E-state index contributed by atoms with van der Waals surface area (Å²) in [6.07, 6.45) is 5.74. The monoisotopic (exact) mass is 754 g/mol. The van der Waals surface area contributed by atoms with E-state index in [4.69, 9.17) is 25.7 Å². The van der Waals surface area contributed by atoms with Gasteiger partial charge in [-0.3, -0.25) is 9.78 Å². The van der Waals surface area contributed by atoms with Crippen LogP contribution in [0.3, 0.4) is 0 Å². The summed E-state index contributed by atoms with van der Waals surface area (Å²) in [5, 5.41) is 13.0. The molecule has 9 nitrogen and oxygen atoms in total. The van der Waals surface area contributed by atoms with Crippen molar-refractivity contribution in [3.63, 3.8) is 0 Å². The SMILES string of the molecule is CCCN1Cc2nc(C)c(-c3nnc(C)o3)c(-c3cc4ccnc(NC5c6cccc(OC)c6CC5(F)F)c4s3)c2C1=O.Clc1ccc2c(c1)CCC2. The number of methoxy groups -OCH3 is 1. The Morgan fingerprint density at radius 1 is 1.08 bits per heavy atom. The molecule has 13 heteroatoms. The van der Waals surface area contributed by atoms with Gasteiger partial charge in [0.2, 0.25) is 11.8 Å². The number of ether oxygens (including phenoxy) is 1. The smallest absolute Gasteiger partial charge is 0.276 e. The molecule has 0 spiro atoms. The maximum atomic E-state index is 15.4. The predicted molar refractivity (Wildman–Crippen MR) is 202 cm³/mol. The van der Waals surface area contributed by atoms with E-state index in [2.05, 4.69) is 32.6 Å². The van der Waals surface area contributed by atoms with Crippen molar-refractivity contribution in [2.45, 2.75) is 71.4 Å². The van der Waals surface area contributed by atoms with Gasteiger partial charge in [-0.1, -0.05) is 36.7 Å². The fourth-order valence-electron chi connectivity index (χ4n) is 7.73. The molecule has 1 amide bonds. The summed E-state index contributed by atoms with van der Waals surface area (Å²) in [7, 11) is 1.48. The molecule has 0 bridgehead atoms. The summed E-state index contributed by atoms with van der Waals surface area (Å²) >= 11 is 7.20.